The Balaban J connectivity index is 1.09. The summed E-state index contributed by atoms with van der Waals surface area (Å²) in [5.74, 6) is -0.380. The van der Waals surface area contributed by atoms with Gasteiger partial charge in [-0.15, -0.1) is 4.15 Å². The summed E-state index contributed by atoms with van der Waals surface area (Å²) in [7, 11) is -8.70. The van der Waals surface area contributed by atoms with Gasteiger partial charge in [0.25, 0.3) is 21.8 Å². The van der Waals surface area contributed by atoms with Crippen LogP contribution in [0.3, 0.4) is 0 Å². The van der Waals surface area contributed by atoms with Gasteiger partial charge in [-0.25, -0.2) is 44.9 Å². The van der Waals surface area contributed by atoms with Crippen LogP contribution in [-0.4, -0.2) is 128 Å². The first-order valence-corrected chi connectivity index (χ1v) is 26.0. The molecule has 71 heavy (non-hydrogen) atoms. The minimum atomic E-state index is -4.37. The van der Waals surface area contributed by atoms with E-state index < -0.39 is 59.9 Å². The number of benzene rings is 2. The molecule has 6 heterocycles. The van der Waals surface area contributed by atoms with Gasteiger partial charge in [0.15, 0.2) is 34.0 Å². The zero-order valence-electron chi connectivity index (χ0n) is 39.8. The molecule has 2 N–H and O–H groups in total. The fourth-order valence-electron chi connectivity index (χ4n) is 7.72. The predicted molar refractivity (Wildman–Crippen MR) is 259 cm³/mol. The third-order valence-electron chi connectivity index (χ3n) is 11.2. The average molecular weight is 1020 g/mol. The number of anilines is 2. The Kier molecular flexibility index (Phi) is 16.3. The van der Waals surface area contributed by atoms with E-state index in [4.69, 9.17) is 39.1 Å². The molecule has 25 heteroatoms. The summed E-state index contributed by atoms with van der Waals surface area (Å²) in [4.78, 5) is 56.2. The van der Waals surface area contributed by atoms with Gasteiger partial charge in [0.2, 0.25) is 6.54 Å². The number of amides is 2. The lowest BCUT2D eigenvalue weighted by molar-refractivity contribution is -0.0807. The van der Waals surface area contributed by atoms with E-state index in [2.05, 4.69) is 49.5 Å². The number of carbonyl (C=O) groups is 2. The highest BCUT2D eigenvalue weighted by Crippen LogP contribution is 2.58. The lowest BCUT2D eigenvalue weighted by atomic mass is 10.2. The molecule has 0 spiro atoms. The van der Waals surface area contributed by atoms with Gasteiger partial charge in [0.05, 0.1) is 49.4 Å². The van der Waals surface area contributed by atoms with Gasteiger partial charge in [-0.3, -0.25) is 32.3 Å². The van der Waals surface area contributed by atoms with Crippen molar-refractivity contribution in [2.45, 2.75) is 109 Å². The van der Waals surface area contributed by atoms with Crippen LogP contribution in [0, 0.1) is 6.57 Å². The number of rotatable bonds is 21. The van der Waals surface area contributed by atoms with Crippen molar-refractivity contribution in [3.8, 4) is 0 Å². The Hall–Kier alpha value is -6.13. The number of nitrogens with one attached hydrogen (secondary N) is 2. The van der Waals surface area contributed by atoms with Gasteiger partial charge in [0.1, 0.15) is 50.0 Å². The molecule has 6 aromatic rings. The molecule has 0 saturated carbocycles. The Morgan fingerprint density at radius 2 is 1.27 bits per heavy atom. The SMILES string of the molecule is [C-]#[N+]CCOP(=NS(=O)(=O)C(C)C)(OC[C@H]1O[C@@H](n2cnc3c(NC(=O)c4ccccc4)ncnc32)C[C@H]1OC(C)C)O[C@@H]1C[C@H](n2cnc3c(NC(=O)c4ccccc4)ncnc32)O[C@@H]1COC(C)C. The third kappa shape index (κ3) is 12.1. The van der Waals surface area contributed by atoms with Crippen molar-refractivity contribution >= 4 is 63.5 Å². The van der Waals surface area contributed by atoms with E-state index in [0.717, 1.165) is 0 Å². The average Bonchev–Trinajstić information content (AvgIpc) is 4.16. The number of ether oxygens (including phenoxy) is 4. The van der Waals surface area contributed by atoms with E-state index in [-0.39, 0.29) is 74.9 Å². The number of nitrogens with zero attached hydrogens (tertiary/aromatic N) is 10. The van der Waals surface area contributed by atoms with Crippen molar-refractivity contribution in [1.82, 2.24) is 39.0 Å². The van der Waals surface area contributed by atoms with Crippen molar-refractivity contribution < 1.29 is 50.5 Å². The van der Waals surface area contributed by atoms with Gasteiger partial charge in [-0.05, 0) is 65.8 Å². The molecule has 23 nitrogen and oxygen atoms in total. The van der Waals surface area contributed by atoms with Crippen LogP contribution in [0.25, 0.3) is 27.2 Å². The zero-order valence-corrected chi connectivity index (χ0v) is 41.6. The lowest BCUT2D eigenvalue weighted by Crippen LogP contribution is -2.33. The van der Waals surface area contributed by atoms with E-state index in [0.29, 0.717) is 33.5 Å². The van der Waals surface area contributed by atoms with E-state index in [1.165, 1.54) is 39.2 Å². The number of fused-ring (bicyclic) bond motifs is 2. The summed E-state index contributed by atoms with van der Waals surface area (Å²) in [6.07, 6.45) is 0.694. The second-order valence-corrected chi connectivity index (χ2v) is 21.6. The Labute approximate surface area is 410 Å². The topological polar surface area (TPSA) is 261 Å². The number of sulfonamides is 1. The fourth-order valence-corrected chi connectivity index (χ4v) is 11.5. The summed E-state index contributed by atoms with van der Waals surface area (Å²) in [6, 6.07) is 17.4. The summed E-state index contributed by atoms with van der Waals surface area (Å²) < 4.78 is 80.7. The van der Waals surface area contributed by atoms with Crippen LogP contribution < -0.4 is 10.6 Å². The maximum atomic E-state index is 13.9. The smallest absolute Gasteiger partial charge is 0.371 e. The highest BCUT2D eigenvalue weighted by atomic mass is 32.2. The van der Waals surface area contributed by atoms with Crippen LogP contribution in [0.5, 0.6) is 0 Å². The van der Waals surface area contributed by atoms with Gasteiger partial charge in [0, 0.05) is 24.0 Å². The van der Waals surface area contributed by atoms with E-state index in [1.807, 2.05) is 33.8 Å². The Morgan fingerprint density at radius 3 is 1.76 bits per heavy atom. The summed E-state index contributed by atoms with van der Waals surface area (Å²) in [6.45, 7) is 17.1. The van der Waals surface area contributed by atoms with Crippen LogP contribution >= 0.6 is 7.74 Å². The van der Waals surface area contributed by atoms with Crippen molar-refractivity contribution in [3.05, 3.63) is 109 Å². The Bertz CT molecular complexity index is 3020. The van der Waals surface area contributed by atoms with E-state index in [9.17, 15) is 18.0 Å². The lowest BCUT2D eigenvalue weighted by Gasteiger charge is -2.30. The molecule has 376 valence electrons. The molecule has 0 bridgehead atoms. The highest BCUT2D eigenvalue weighted by Gasteiger charge is 2.46. The quantitative estimate of drug-likeness (QED) is 0.0418. The molecule has 4 aromatic heterocycles. The van der Waals surface area contributed by atoms with Gasteiger partial charge >= 0.3 is 7.74 Å². The molecule has 2 saturated heterocycles. The first kappa shape index (κ1) is 51.2. The second kappa shape index (κ2) is 22.5. The van der Waals surface area contributed by atoms with Crippen molar-refractivity contribution in [1.29, 1.82) is 0 Å². The van der Waals surface area contributed by atoms with Crippen molar-refractivity contribution in [3.63, 3.8) is 0 Å². The number of hydrogen-bond acceptors (Lipinski definition) is 17. The second-order valence-electron chi connectivity index (χ2n) is 17.3. The molecule has 2 aliphatic heterocycles. The summed E-state index contributed by atoms with van der Waals surface area (Å²) in [5, 5.41) is 4.62. The first-order chi connectivity index (χ1) is 34.1. The summed E-state index contributed by atoms with van der Waals surface area (Å²) in [5.41, 5.74) is 2.19. The normalized spacial score (nSPS) is 21.2. The molecule has 2 aromatic carbocycles. The highest BCUT2D eigenvalue weighted by molar-refractivity contribution is 7.93. The van der Waals surface area contributed by atoms with Crippen LogP contribution in [0.1, 0.15) is 87.6 Å². The third-order valence-corrected chi connectivity index (χ3v) is 15.6. The van der Waals surface area contributed by atoms with Crippen molar-refractivity contribution in [2.24, 2.45) is 4.15 Å². The van der Waals surface area contributed by atoms with Crippen molar-refractivity contribution in [2.75, 3.05) is 37.0 Å². The standard InChI is InChI=1S/C46H55N12O11PS/c1-28(2)63-22-35-34(21-38(67-35)58-27-53-40-42(49-25-51-44(40)58)55-46(60)32-16-12-9-13-17-32)69-70(64-19-18-47-7,56-71(61,62)30(5)6)65-23-36-33(66-29(3)4)20-37(68-36)57-26-52-39-41(48-24-50-43(39)57)54-45(59)31-14-10-8-11-15-31/h8-17,24-30,33-38H,18-23H2,1-6H3,(H,48,50,54,59)(H,49,51,55,60)/t33-,34-,35-,36-,37-,38-,70?/m1/s1. The fraction of sp³-hybridized carbons (Fsp3) is 0.457. The summed E-state index contributed by atoms with van der Waals surface area (Å²) >= 11 is 0. The minimum absolute atomic E-state index is 0.00952. The molecule has 2 fully saturated rings. The van der Waals surface area contributed by atoms with Crippen LogP contribution in [-0.2, 0) is 42.5 Å². The molecule has 7 atom stereocenters. The van der Waals surface area contributed by atoms with E-state index in [1.54, 1.807) is 63.7 Å². The molecule has 1 unspecified atom stereocenters. The first-order valence-electron chi connectivity index (χ1n) is 23.0. The van der Waals surface area contributed by atoms with Gasteiger partial charge in [-0.1, -0.05) is 36.4 Å². The maximum absolute atomic E-state index is 13.9. The molecular formula is C46H55N12O11PS. The molecule has 0 radical (unpaired) electrons. The molecule has 2 amide bonds. The van der Waals surface area contributed by atoms with Crippen LogP contribution in [0.15, 0.2) is 90.1 Å². The number of imidazole rings is 2. The number of aromatic nitrogens is 8. The van der Waals surface area contributed by atoms with E-state index >= 15 is 0 Å². The van der Waals surface area contributed by atoms with Gasteiger partial charge in [-0.2, -0.15) is 0 Å². The molecule has 2 aliphatic rings. The number of carbonyl (C=O) groups excluding carboxylic acids is 2. The zero-order chi connectivity index (χ0) is 50.3. The largest absolute Gasteiger partial charge is 0.376 e. The molecule has 8 rings (SSSR count). The number of hydrogen-bond donors (Lipinski definition) is 2. The van der Waals surface area contributed by atoms with Gasteiger partial charge < -0.3 is 34.4 Å². The van der Waals surface area contributed by atoms with Crippen LogP contribution in [0.4, 0.5) is 11.6 Å². The molecule has 0 aliphatic carbocycles. The Morgan fingerprint density at radius 1 is 0.746 bits per heavy atom. The predicted octanol–water partition coefficient (Wildman–Crippen LogP) is 6.99. The van der Waals surface area contributed by atoms with Crippen LogP contribution in [0.2, 0.25) is 0 Å². The minimum Gasteiger partial charge on any atom is -0.376 e. The molecular weight excluding hydrogens is 960 g/mol. The maximum Gasteiger partial charge on any atom is 0.371 e. The monoisotopic (exact) mass is 1010 g/mol.